The molecule has 0 aliphatic heterocycles. The van der Waals surface area contributed by atoms with Crippen molar-refractivity contribution in [3.63, 3.8) is 0 Å². The van der Waals surface area contributed by atoms with Gasteiger partial charge in [-0.1, -0.05) is 6.08 Å². The molecule has 0 aliphatic rings. The molecule has 0 saturated carbocycles. The lowest BCUT2D eigenvalue weighted by Crippen LogP contribution is -2.45. The quantitative estimate of drug-likeness (QED) is 0.449. The zero-order valence-electron chi connectivity index (χ0n) is 8.17. The van der Waals surface area contributed by atoms with Crippen LogP contribution in [0.5, 0.6) is 0 Å². The Balaban J connectivity index is 3.79. The molecule has 0 rings (SSSR count). The van der Waals surface area contributed by atoms with Gasteiger partial charge in [0.1, 0.15) is 0 Å². The lowest BCUT2D eigenvalue weighted by Gasteiger charge is -2.28. The molecule has 0 spiro atoms. The van der Waals surface area contributed by atoms with Crippen LogP contribution in [-0.2, 0) is 0 Å². The molecular weight excluding hydrogens is 152 g/mol. The monoisotopic (exact) mass is 172 g/mol. The summed E-state index contributed by atoms with van der Waals surface area (Å²) in [5.74, 6) is 0. The van der Waals surface area contributed by atoms with Crippen LogP contribution in [0.1, 0.15) is 6.42 Å². The SMILES string of the molecule is C=CCC[SiH](N(C)C)N(C)C. The molecule has 66 valence electrons. The van der Waals surface area contributed by atoms with Gasteiger partial charge in [0.15, 0.2) is 9.12 Å². The highest BCUT2D eigenvalue weighted by Crippen LogP contribution is 2.02. The molecule has 0 aromatic heterocycles. The van der Waals surface area contributed by atoms with E-state index in [1.54, 1.807) is 0 Å². The van der Waals surface area contributed by atoms with Crippen LogP contribution < -0.4 is 0 Å². The smallest absolute Gasteiger partial charge is 0.189 e. The van der Waals surface area contributed by atoms with Gasteiger partial charge >= 0.3 is 0 Å². The second-order valence-electron chi connectivity index (χ2n) is 3.27. The van der Waals surface area contributed by atoms with Gasteiger partial charge in [-0.3, -0.25) is 0 Å². The fourth-order valence-corrected chi connectivity index (χ4v) is 3.74. The van der Waals surface area contributed by atoms with Crippen molar-refractivity contribution in [1.29, 1.82) is 0 Å². The normalized spacial score (nSPS) is 11.5. The molecule has 0 saturated heterocycles. The van der Waals surface area contributed by atoms with Gasteiger partial charge in [-0.25, -0.2) is 0 Å². The van der Waals surface area contributed by atoms with E-state index in [1.807, 2.05) is 6.08 Å². The van der Waals surface area contributed by atoms with Gasteiger partial charge in [-0.15, -0.1) is 6.58 Å². The van der Waals surface area contributed by atoms with Crippen molar-refractivity contribution in [3.8, 4) is 0 Å². The topological polar surface area (TPSA) is 6.48 Å². The molecule has 0 radical (unpaired) electrons. The maximum absolute atomic E-state index is 3.74. The maximum Gasteiger partial charge on any atom is 0.189 e. The van der Waals surface area contributed by atoms with Crippen molar-refractivity contribution in [3.05, 3.63) is 12.7 Å². The average Bonchev–Trinajstić information content (AvgIpc) is 1.87. The Hall–Kier alpha value is -0.123. The summed E-state index contributed by atoms with van der Waals surface area (Å²) in [6.07, 6.45) is 3.15. The van der Waals surface area contributed by atoms with Crippen LogP contribution in [0.4, 0.5) is 0 Å². The van der Waals surface area contributed by atoms with Crippen molar-refractivity contribution in [2.45, 2.75) is 12.5 Å². The van der Waals surface area contributed by atoms with E-state index < -0.39 is 9.12 Å². The largest absolute Gasteiger partial charge is 0.320 e. The summed E-state index contributed by atoms with van der Waals surface area (Å²) in [4.78, 5) is 0. The molecule has 2 nitrogen and oxygen atoms in total. The fourth-order valence-electron chi connectivity index (χ4n) is 1.25. The van der Waals surface area contributed by atoms with Crippen molar-refractivity contribution in [2.24, 2.45) is 0 Å². The summed E-state index contributed by atoms with van der Waals surface area (Å²) >= 11 is 0. The Bertz CT molecular complexity index is 105. The van der Waals surface area contributed by atoms with E-state index >= 15 is 0 Å². The lowest BCUT2D eigenvalue weighted by molar-refractivity contribution is 0.513. The molecule has 0 fully saturated rings. The van der Waals surface area contributed by atoms with E-state index in [0.717, 1.165) is 6.42 Å². The highest BCUT2D eigenvalue weighted by atomic mass is 28.3. The predicted molar refractivity (Wildman–Crippen MR) is 54.1 cm³/mol. The first kappa shape index (κ1) is 10.9. The molecule has 0 N–H and O–H groups in total. The fraction of sp³-hybridized carbons (Fsp3) is 0.750. The van der Waals surface area contributed by atoms with Crippen molar-refractivity contribution in [1.82, 2.24) is 9.13 Å². The Morgan fingerprint density at radius 3 is 1.91 bits per heavy atom. The minimum Gasteiger partial charge on any atom is -0.320 e. The zero-order valence-corrected chi connectivity index (χ0v) is 9.33. The third-order valence-corrected chi connectivity index (χ3v) is 5.06. The van der Waals surface area contributed by atoms with Crippen molar-refractivity contribution in [2.75, 3.05) is 28.2 Å². The van der Waals surface area contributed by atoms with E-state index in [-0.39, 0.29) is 0 Å². The summed E-state index contributed by atoms with van der Waals surface area (Å²) in [7, 11) is 7.86. The third kappa shape index (κ3) is 4.34. The summed E-state index contributed by atoms with van der Waals surface area (Å²) in [6.45, 7) is 3.74. The molecule has 11 heavy (non-hydrogen) atoms. The molecule has 0 aromatic carbocycles. The molecule has 0 aromatic rings. The second kappa shape index (κ2) is 5.52. The van der Waals surface area contributed by atoms with Crippen LogP contribution in [0.15, 0.2) is 12.7 Å². The molecule has 0 bridgehead atoms. The van der Waals surface area contributed by atoms with Crippen LogP contribution in [0.25, 0.3) is 0 Å². The number of hydrogen-bond acceptors (Lipinski definition) is 2. The first-order valence-electron chi connectivity index (χ1n) is 4.03. The molecule has 0 atom stereocenters. The molecule has 0 heterocycles. The molecule has 0 amide bonds. The average molecular weight is 172 g/mol. The summed E-state index contributed by atoms with van der Waals surface area (Å²) in [6, 6.07) is 1.30. The van der Waals surface area contributed by atoms with Gasteiger partial charge in [-0.2, -0.15) is 0 Å². The van der Waals surface area contributed by atoms with Gasteiger partial charge in [-0.05, 0) is 40.7 Å². The van der Waals surface area contributed by atoms with Crippen molar-refractivity contribution < 1.29 is 0 Å². The van der Waals surface area contributed by atoms with Gasteiger partial charge in [0.2, 0.25) is 0 Å². The predicted octanol–water partition coefficient (Wildman–Crippen LogP) is 0.906. The molecule has 0 aliphatic carbocycles. The number of allylic oxidation sites excluding steroid dienone is 1. The zero-order chi connectivity index (χ0) is 8.85. The van der Waals surface area contributed by atoms with Crippen LogP contribution in [0, 0.1) is 0 Å². The molecule has 3 heteroatoms. The minimum absolute atomic E-state index is 0.803. The first-order chi connectivity index (χ1) is 5.09. The van der Waals surface area contributed by atoms with Crippen LogP contribution in [0.2, 0.25) is 6.04 Å². The Morgan fingerprint density at radius 2 is 1.64 bits per heavy atom. The number of hydrogen-bond donors (Lipinski definition) is 0. The molecule has 0 unspecified atom stereocenters. The number of rotatable bonds is 5. The van der Waals surface area contributed by atoms with Gasteiger partial charge in [0.25, 0.3) is 0 Å². The van der Waals surface area contributed by atoms with Crippen LogP contribution in [0.3, 0.4) is 0 Å². The summed E-state index contributed by atoms with van der Waals surface area (Å²) in [5, 5.41) is 0. The van der Waals surface area contributed by atoms with E-state index in [9.17, 15) is 0 Å². The highest BCUT2D eigenvalue weighted by molar-refractivity contribution is 6.52. The van der Waals surface area contributed by atoms with Crippen molar-refractivity contribution >= 4 is 9.12 Å². The Morgan fingerprint density at radius 1 is 1.18 bits per heavy atom. The lowest BCUT2D eigenvalue weighted by atomic mass is 10.5. The van der Waals surface area contributed by atoms with Crippen LogP contribution in [-0.4, -0.2) is 46.4 Å². The Labute approximate surface area is 72.3 Å². The van der Waals surface area contributed by atoms with Gasteiger partial charge in [0.05, 0.1) is 0 Å². The third-order valence-electron chi connectivity index (χ3n) is 1.82. The summed E-state index contributed by atoms with van der Waals surface area (Å²) in [5.41, 5.74) is 0. The van der Waals surface area contributed by atoms with E-state index in [4.69, 9.17) is 0 Å². The number of nitrogens with zero attached hydrogens (tertiary/aromatic N) is 2. The van der Waals surface area contributed by atoms with Crippen LogP contribution >= 0.6 is 0 Å². The second-order valence-corrected chi connectivity index (χ2v) is 6.88. The molecular formula is C8H20N2Si. The van der Waals surface area contributed by atoms with Gasteiger partial charge < -0.3 is 9.13 Å². The Kier molecular flexibility index (Phi) is 5.46. The first-order valence-corrected chi connectivity index (χ1v) is 5.88. The highest BCUT2D eigenvalue weighted by Gasteiger charge is 2.14. The standard InChI is InChI=1S/C8H20N2Si/c1-6-7-8-11(9(2)3)10(4)5/h6,11H,1,7-8H2,2-5H3. The van der Waals surface area contributed by atoms with Gasteiger partial charge in [0, 0.05) is 0 Å². The van der Waals surface area contributed by atoms with E-state index in [1.165, 1.54) is 6.04 Å². The van der Waals surface area contributed by atoms with E-state index in [0.29, 0.717) is 0 Å². The maximum atomic E-state index is 3.74. The summed E-state index contributed by atoms with van der Waals surface area (Å²) < 4.78 is 4.73. The minimum atomic E-state index is -0.803. The van der Waals surface area contributed by atoms with E-state index in [2.05, 4.69) is 43.9 Å².